The molecule has 10 heteroatoms. The van der Waals surface area contributed by atoms with E-state index in [0.29, 0.717) is 34.5 Å². The third kappa shape index (κ3) is 4.50. The molecule has 1 fully saturated rings. The molecule has 164 valence electrons. The highest BCUT2D eigenvalue weighted by atomic mass is 32.2. The van der Waals surface area contributed by atoms with Crippen LogP contribution < -0.4 is 10.0 Å². The molecule has 0 bridgehead atoms. The first-order valence-corrected chi connectivity index (χ1v) is 12.1. The van der Waals surface area contributed by atoms with Gasteiger partial charge in [0.05, 0.1) is 4.88 Å². The largest absolute Gasteiger partial charge is 0.384 e. The molecule has 1 aromatic carbocycles. The fourth-order valence-corrected chi connectivity index (χ4v) is 5.57. The fourth-order valence-electron chi connectivity index (χ4n) is 3.37. The van der Waals surface area contributed by atoms with Gasteiger partial charge in [0.15, 0.2) is 0 Å². The van der Waals surface area contributed by atoms with Gasteiger partial charge in [-0.3, -0.25) is 0 Å². The SMILES string of the molecule is CC(C)c1cc(F)cc(C(C)C)c1NC(=O)NS(=O)(=O)c1ncc(C2(O)CCC2)s1. The van der Waals surface area contributed by atoms with Crippen LogP contribution in [0.2, 0.25) is 0 Å². The third-order valence-electron chi connectivity index (χ3n) is 5.23. The smallest absolute Gasteiger partial charge is 0.333 e. The number of carbonyl (C=O) groups is 1. The summed E-state index contributed by atoms with van der Waals surface area (Å²) in [6.45, 7) is 7.45. The molecule has 1 aliphatic carbocycles. The second-order valence-electron chi connectivity index (χ2n) is 8.20. The maximum Gasteiger partial charge on any atom is 0.333 e. The van der Waals surface area contributed by atoms with Crippen molar-refractivity contribution in [1.82, 2.24) is 9.71 Å². The number of sulfonamides is 1. The van der Waals surface area contributed by atoms with Crippen LogP contribution in [0.5, 0.6) is 0 Å². The Bertz CT molecular complexity index is 1030. The molecular weight excluding hydrogens is 429 g/mol. The summed E-state index contributed by atoms with van der Waals surface area (Å²) in [5.74, 6) is -0.588. The Kier molecular flexibility index (Phi) is 6.22. The summed E-state index contributed by atoms with van der Waals surface area (Å²) in [5.41, 5.74) is 0.530. The predicted molar refractivity (Wildman–Crippen MR) is 114 cm³/mol. The van der Waals surface area contributed by atoms with Crippen molar-refractivity contribution in [2.75, 3.05) is 5.32 Å². The maximum absolute atomic E-state index is 14.0. The summed E-state index contributed by atoms with van der Waals surface area (Å²) in [5, 5.41) is 13.0. The molecule has 2 amide bonds. The summed E-state index contributed by atoms with van der Waals surface area (Å²) in [7, 11) is -4.22. The van der Waals surface area contributed by atoms with E-state index in [-0.39, 0.29) is 16.2 Å². The zero-order chi connectivity index (χ0) is 22.3. The molecule has 7 nitrogen and oxygen atoms in total. The number of aliphatic hydroxyl groups is 1. The Labute approximate surface area is 179 Å². The molecule has 1 aliphatic rings. The van der Waals surface area contributed by atoms with Crippen LogP contribution in [0.4, 0.5) is 14.9 Å². The first-order valence-electron chi connectivity index (χ1n) is 9.79. The molecule has 30 heavy (non-hydrogen) atoms. The summed E-state index contributed by atoms with van der Waals surface area (Å²) >= 11 is 0.848. The van der Waals surface area contributed by atoms with Crippen LogP contribution in [0.15, 0.2) is 22.7 Å². The lowest BCUT2D eigenvalue weighted by Gasteiger charge is -2.35. The number of thiazole rings is 1. The van der Waals surface area contributed by atoms with Crippen molar-refractivity contribution in [3.8, 4) is 0 Å². The fraction of sp³-hybridized carbons (Fsp3) is 0.500. The second-order valence-corrected chi connectivity index (χ2v) is 11.1. The monoisotopic (exact) mass is 455 g/mol. The van der Waals surface area contributed by atoms with E-state index in [4.69, 9.17) is 0 Å². The van der Waals surface area contributed by atoms with Crippen molar-refractivity contribution in [3.05, 3.63) is 40.2 Å². The molecule has 1 saturated carbocycles. The minimum Gasteiger partial charge on any atom is -0.384 e. The second kappa shape index (κ2) is 8.24. The molecule has 3 rings (SSSR count). The van der Waals surface area contributed by atoms with Gasteiger partial charge in [0.1, 0.15) is 11.4 Å². The number of amides is 2. The van der Waals surface area contributed by atoms with Gasteiger partial charge in [0.25, 0.3) is 10.0 Å². The molecule has 1 heterocycles. The number of hydrogen-bond donors (Lipinski definition) is 3. The van der Waals surface area contributed by atoms with Crippen molar-refractivity contribution in [2.24, 2.45) is 0 Å². The zero-order valence-corrected chi connectivity index (χ0v) is 19.0. The summed E-state index contributed by atoms with van der Waals surface area (Å²) in [6.07, 6.45) is 3.32. The molecule has 0 radical (unpaired) electrons. The molecule has 0 unspecified atom stereocenters. The standard InChI is InChI=1S/C20H26FN3O4S2/c1-11(2)14-8-13(21)9-15(12(3)4)17(14)23-18(25)24-30(27,28)19-22-10-16(29-19)20(26)6-5-7-20/h8-12,26H,5-7H2,1-4H3,(H2,23,24,25). The number of rotatable bonds is 6. The molecule has 0 spiro atoms. The van der Waals surface area contributed by atoms with Crippen molar-refractivity contribution >= 4 is 33.1 Å². The van der Waals surface area contributed by atoms with Crippen LogP contribution in [-0.4, -0.2) is 24.5 Å². The molecular formula is C20H26FN3O4S2. The minimum atomic E-state index is -4.22. The zero-order valence-electron chi connectivity index (χ0n) is 17.3. The molecule has 0 saturated heterocycles. The van der Waals surface area contributed by atoms with Gasteiger partial charge in [-0.25, -0.2) is 18.9 Å². The van der Waals surface area contributed by atoms with E-state index in [1.54, 1.807) is 0 Å². The van der Waals surface area contributed by atoms with E-state index >= 15 is 0 Å². The lowest BCUT2D eigenvalue weighted by atomic mass is 9.79. The van der Waals surface area contributed by atoms with Crippen LogP contribution >= 0.6 is 11.3 Å². The van der Waals surface area contributed by atoms with Gasteiger partial charge in [0, 0.05) is 11.9 Å². The maximum atomic E-state index is 14.0. The van der Waals surface area contributed by atoms with Crippen LogP contribution in [0.3, 0.4) is 0 Å². The lowest BCUT2D eigenvalue weighted by molar-refractivity contribution is -0.0356. The van der Waals surface area contributed by atoms with Crippen LogP contribution in [0.1, 0.15) is 74.8 Å². The van der Waals surface area contributed by atoms with Crippen molar-refractivity contribution < 1.29 is 22.7 Å². The summed E-state index contributed by atoms with van der Waals surface area (Å²) < 4.78 is 40.9. The van der Waals surface area contributed by atoms with E-state index in [9.17, 15) is 22.7 Å². The van der Waals surface area contributed by atoms with Gasteiger partial charge < -0.3 is 10.4 Å². The van der Waals surface area contributed by atoms with Gasteiger partial charge in [-0.1, -0.05) is 27.7 Å². The normalized spacial score (nSPS) is 15.9. The van der Waals surface area contributed by atoms with Crippen LogP contribution in [0.25, 0.3) is 0 Å². The number of nitrogens with zero attached hydrogens (tertiary/aromatic N) is 1. The first-order chi connectivity index (χ1) is 13.9. The van der Waals surface area contributed by atoms with Gasteiger partial charge in [-0.05, 0) is 54.4 Å². The van der Waals surface area contributed by atoms with E-state index in [0.717, 1.165) is 17.8 Å². The number of aromatic nitrogens is 1. The van der Waals surface area contributed by atoms with E-state index in [1.807, 2.05) is 32.4 Å². The van der Waals surface area contributed by atoms with E-state index in [1.165, 1.54) is 18.3 Å². The van der Waals surface area contributed by atoms with Gasteiger partial charge in [-0.2, -0.15) is 8.42 Å². The molecule has 0 atom stereocenters. The van der Waals surface area contributed by atoms with Crippen molar-refractivity contribution in [1.29, 1.82) is 0 Å². The summed E-state index contributed by atoms with van der Waals surface area (Å²) in [6, 6.07) is 1.73. The average molecular weight is 456 g/mol. The van der Waals surface area contributed by atoms with Crippen LogP contribution in [0, 0.1) is 5.82 Å². The van der Waals surface area contributed by atoms with E-state index < -0.39 is 27.5 Å². The third-order valence-corrected chi connectivity index (χ3v) is 8.14. The van der Waals surface area contributed by atoms with Gasteiger partial charge in [-0.15, -0.1) is 11.3 Å². The Balaban J connectivity index is 1.83. The Morgan fingerprint density at radius 3 is 2.23 bits per heavy atom. The highest BCUT2D eigenvalue weighted by Crippen LogP contribution is 2.43. The van der Waals surface area contributed by atoms with Gasteiger partial charge in [0.2, 0.25) is 4.34 Å². The molecule has 0 aliphatic heterocycles. The lowest BCUT2D eigenvalue weighted by Crippen LogP contribution is -2.35. The Morgan fingerprint density at radius 2 is 1.77 bits per heavy atom. The average Bonchev–Trinajstić information content (AvgIpc) is 3.11. The van der Waals surface area contributed by atoms with E-state index in [2.05, 4.69) is 10.3 Å². The first kappa shape index (κ1) is 22.6. The number of halogens is 1. The highest BCUT2D eigenvalue weighted by molar-refractivity contribution is 7.92. The molecule has 3 N–H and O–H groups in total. The number of benzene rings is 1. The van der Waals surface area contributed by atoms with Crippen LogP contribution in [-0.2, 0) is 15.6 Å². The molecule has 1 aromatic heterocycles. The number of nitrogens with one attached hydrogen (secondary N) is 2. The topological polar surface area (TPSA) is 108 Å². The Morgan fingerprint density at radius 1 is 1.20 bits per heavy atom. The quantitative estimate of drug-likeness (QED) is 0.598. The molecule has 2 aromatic rings. The summed E-state index contributed by atoms with van der Waals surface area (Å²) in [4.78, 5) is 16.9. The van der Waals surface area contributed by atoms with Crippen molar-refractivity contribution in [3.63, 3.8) is 0 Å². The predicted octanol–water partition coefficient (Wildman–Crippen LogP) is 4.41. The minimum absolute atomic E-state index is 0.0881. The highest BCUT2D eigenvalue weighted by Gasteiger charge is 2.39. The number of carbonyl (C=O) groups excluding carboxylic acids is 1. The number of urea groups is 1. The number of anilines is 1. The Hall–Kier alpha value is -2.04. The number of hydrogen-bond acceptors (Lipinski definition) is 6. The van der Waals surface area contributed by atoms with Crippen molar-refractivity contribution in [2.45, 2.75) is 68.7 Å². The van der Waals surface area contributed by atoms with Gasteiger partial charge >= 0.3 is 6.03 Å².